The Balaban J connectivity index is 1.10. The van der Waals surface area contributed by atoms with Gasteiger partial charge in [-0.3, -0.25) is 14.4 Å². The summed E-state index contributed by atoms with van der Waals surface area (Å²) in [6, 6.07) is 18.1. The van der Waals surface area contributed by atoms with Gasteiger partial charge in [-0.25, -0.2) is 0 Å². The second-order valence-corrected chi connectivity index (χ2v) is 8.74. The highest BCUT2D eigenvalue weighted by Crippen LogP contribution is 2.27. The first kappa shape index (κ1) is 22.8. The Morgan fingerprint density at radius 1 is 0.939 bits per heavy atom. The molecule has 2 N–H and O–H groups in total. The van der Waals surface area contributed by atoms with Crippen LogP contribution in [0.5, 0.6) is 0 Å². The number of benzene rings is 2. The standard InChI is InChI=1S/C26H32N4O3/c31-24(13-12-21-19-20-7-4-5-10-23(20)28-26(21)33)27-14-6-11-25(32)30-17-15-29(16-18-30)22-8-2-1-3-9-22/h1-5,7-10,21H,6,11-19H2,(H,27,31)(H,28,33). The number of piperazine rings is 1. The maximum absolute atomic E-state index is 12.5. The van der Waals surface area contributed by atoms with Crippen LogP contribution >= 0.6 is 0 Å². The number of nitrogens with one attached hydrogen (secondary N) is 2. The van der Waals surface area contributed by atoms with Crippen LogP contribution in [0.2, 0.25) is 0 Å². The van der Waals surface area contributed by atoms with E-state index in [-0.39, 0.29) is 23.6 Å². The zero-order valence-corrected chi connectivity index (χ0v) is 19.0. The molecule has 2 aromatic carbocycles. The highest BCUT2D eigenvalue weighted by atomic mass is 16.2. The highest BCUT2D eigenvalue weighted by Gasteiger charge is 2.26. The van der Waals surface area contributed by atoms with E-state index in [1.807, 2.05) is 47.4 Å². The Labute approximate surface area is 195 Å². The lowest BCUT2D eigenvalue weighted by atomic mass is 9.89. The van der Waals surface area contributed by atoms with Gasteiger partial charge in [-0.05, 0) is 43.0 Å². The summed E-state index contributed by atoms with van der Waals surface area (Å²) < 4.78 is 0. The zero-order valence-electron chi connectivity index (χ0n) is 19.0. The number of carbonyl (C=O) groups is 3. The van der Waals surface area contributed by atoms with Crippen LogP contribution < -0.4 is 15.5 Å². The molecular formula is C26H32N4O3. The molecule has 0 radical (unpaired) electrons. The molecule has 0 spiro atoms. The molecule has 1 atom stereocenters. The lowest BCUT2D eigenvalue weighted by molar-refractivity contribution is -0.132. The number of amides is 3. The van der Waals surface area contributed by atoms with Gasteiger partial charge in [0.25, 0.3) is 0 Å². The van der Waals surface area contributed by atoms with Gasteiger partial charge in [0.1, 0.15) is 0 Å². The normalized spacial score (nSPS) is 17.8. The fourth-order valence-electron chi connectivity index (χ4n) is 4.52. The minimum atomic E-state index is -0.179. The molecule has 1 fully saturated rings. The van der Waals surface area contributed by atoms with Crippen molar-refractivity contribution < 1.29 is 14.4 Å². The maximum Gasteiger partial charge on any atom is 0.227 e. The first-order valence-electron chi connectivity index (χ1n) is 11.8. The van der Waals surface area contributed by atoms with Crippen LogP contribution in [0.1, 0.15) is 31.2 Å². The predicted molar refractivity (Wildman–Crippen MR) is 129 cm³/mol. The number of carbonyl (C=O) groups excluding carboxylic acids is 3. The van der Waals surface area contributed by atoms with Crippen molar-refractivity contribution in [3.8, 4) is 0 Å². The van der Waals surface area contributed by atoms with Gasteiger partial charge in [-0.1, -0.05) is 36.4 Å². The first-order chi connectivity index (χ1) is 16.1. The fraction of sp³-hybridized carbons (Fsp3) is 0.423. The van der Waals surface area contributed by atoms with Crippen molar-refractivity contribution in [1.29, 1.82) is 0 Å². The van der Waals surface area contributed by atoms with E-state index in [2.05, 4.69) is 27.7 Å². The molecule has 1 saturated heterocycles. The van der Waals surface area contributed by atoms with E-state index in [4.69, 9.17) is 0 Å². The second kappa shape index (κ2) is 11.0. The Hall–Kier alpha value is -3.35. The number of hydrogen-bond donors (Lipinski definition) is 2. The summed E-state index contributed by atoms with van der Waals surface area (Å²) in [4.78, 5) is 41.2. The molecule has 2 aliphatic heterocycles. The van der Waals surface area contributed by atoms with Gasteiger partial charge in [-0.15, -0.1) is 0 Å². The number of anilines is 2. The molecule has 2 aliphatic rings. The Bertz CT molecular complexity index is 971. The van der Waals surface area contributed by atoms with Gasteiger partial charge in [0.15, 0.2) is 0 Å². The molecule has 174 valence electrons. The summed E-state index contributed by atoms with van der Waals surface area (Å²) in [5, 5.41) is 5.82. The number of nitrogens with zero attached hydrogens (tertiary/aromatic N) is 2. The molecule has 3 amide bonds. The monoisotopic (exact) mass is 448 g/mol. The summed E-state index contributed by atoms with van der Waals surface area (Å²) in [6.07, 6.45) is 2.57. The van der Waals surface area contributed by atoms with Crippen LogP contribution in [0, 0.1) is 5.92 Å². The summed E-state index contributed by atoms with van der Waals surface area (Å²) in [7, 11) is 0. The number of para-hydroxylation sites is 2. The van der Waals surface area contributed by atoms with Crippen molar-refractivity contribution in [1.82, 2.24) is 10.2 Å². The van der Waals surface area contributed by atoms with E-state index in [1.165, 1.54) is 5.69 Å². The molecule has 0 aliphatic carbocycles. The van der Waals surface area contributed by atoms with Crippen molar-refractivity contribution in [2.75, 3.05) is 42.9 Å². The summed E-state index contributed by atoms with van der Waals surface area (Å²) in [5.41, 5.74) is 3.18. The third kappa shape index (κ3) is 6.12. The third-order valence-electron chi connectivity index (χ3n) is 6.48. The van der Waals surface area contributed by atoms with Gasteiger partial charge in [0.05, 0.1) is 0 Å². The average Bonchev–Trinajstić information content (AvgIpc) is 2.86. The molecule has 0 bridgehead atoms. The zero-order chi connectivity index (χ0) is 23.0. The molecule has 0 aromatic heterocycles. The maximum atomic E-state index is 12.5. The smallest absolute Gasteiger partial charge is 0.227 e. The first-order valence-corrected chi connectivity index (χ1v) is 11.8. The SMILES string of the molecule is O=C(CCC1Cc2ccccc2NC1=O)NCCCC(=O)N1CCN(c2ccccc2)CC1. The van der Waals surface area contributed by atoms with E-state index >= 15 is 0 Å². The summed E-state index contributed by atoms with van der Waals surface area (Å²) >= 11 is 0. The average molecular weight is 449 g/mol. The van der Waals surface area contributed by atoms with Crippen molar-refractivity contribution in [2.24, 2.45) is 5.92 Å². The molecule has 1 unspecified atom stereocenters. The molecule has 2 heterocycles. The van der Waals surface area contributed by atoms with Gasteiger partial charge in [-0.2, -0.15) is 0 Å². The van der Waals surface area contributed by atoms with Crippen LogP contribution in [-0.2, 0) is 20.8 Å². The summed E-state index contributed by atoms with van der Waals surface area (Å²) in [6.45, 7) is 3.62. The van der Waals surface area contributed by atoms with E-state index in [1.54, 1.807) is 0 Å². The van der Waals surface area contributed by atoms with Crippen LogP contribution in [0.25, 0.3) is 0 Å². The molecule has 0 saturated carbocycles. The molecular weight excluding hydrogens is 416 g/mol. The van der Waals surface area contributed by atoms with Gasteiger partial charge >= 0.3 is 0 Å². The summed E-state index contributed by atoms with van der Waals surface area (Å²) in [5.74, 6) is -0.110. The van der Waals surface area contributed by atoms with Crippen molar-refractivity contribution >= 4 is 29.1 Å². The topological polar surface area (TPSA) is 81.8 Å². The number of hydrogen-bond acceptors (Lipinski definition) is 4. The Kier molecular flexibility index (Phi) is 7.60. The quantitative estimate of drug-likeness (QED) is 0.609. The van der Waals surface area contributed by atoms with E-state index < -0.39 is 0 Å². The van der Waals surface area contributed by atoms with Crippen LogP contribution in [0.3, 0.4) is 0 Å². The fourth-order valence-corrected chi connectivity index (χ4v) is 4.52. The predicted octanol–water partition coefficient (Wildman–Crippen LogP) is 2.82. The molecule has 7 heteroatoms. The molecule has 4 rings (SSSR count). The van der Waals surface area contributed by atoms with Crippen LogP contribution in [0.15, 0.2) is 54.6 Å². The van der Waals surface area contributed by atoms with E-state index in [0.29, 0.717) is 38.6 Å². The second-order valence-electron chi connectivity index (χ2n) is 8.74. The van der Waals surface area contributed by atoms with Crippen molar-refractivity contribution in [3.05, 3.63) is 60.2 Å². The van der Waals surface area contributed by atoms with Gasteiger partial charge in [0, 0.05) is 62.9 Å². The Morgan fingerprint density at radius 3 is 2.45 bits per heavy atom. The molecule has 2 aromatic rings. The number of rotatable bonds is 8. The lowest BCUT2D eigenvalue weighted by Gasteiger charge is -2.36. The molecule has 7 nitrogen and oxygen atoms in total. The highest BCUT2D eigenvalue weighted by molar-refractivity contribution is 5.96. The number of fused-ring (bicyclic) bond motifs is 1. The lowest BCUT2D eigenvalue weighted by Crippen LogP contribution is -2.48. The van der Waals surface area contributed by atoms with Gasteiger partial charge in [0.2, 0.25) is 17.7 Å². The largest absolute Gasteiger partial charge is 0.368 e. The van der Waals surface area contributed by atoms with Gasteiger partial charge < -0.3 is 20.4 Å². The van der Waals surface area contributed by atoms with Crippen molar-refractivity contribution in [2.45, 2.75) is 32.1 Å². The van der Waals surface area contributed by atoms with E-state index in [0.717, 1.165) is 37.4 Å². The third-order valence-corrected chi connectivity index (χ3v) is 6.48. The van der Waals surface area contributed by atoms with Crippen LogP contribution in [-0.4, -0.2) is 55.3 Å². The van der Waals surface area contributed by atoms with Crippen LogP contribution in [0.4, 0.5) is 11.4 Å². The minimum Gasteiger partial charge on any atom is -0.368 e. The van der Waals surface area contributed by atoms with E-state index in [9.17, 15) is 14.4 Å². The Morgan fingerprint density at radius 2 is 1.67 bits per heavy atom. The minimum absolute atomic E-state index is 0.0144. The van der Waals surface area contributed by atoms with Crippen molar-refractivity contribution in [3.63, 3.8) is 0 Å². The molecule has 33 heavy (non-hydrogen) atoms.